The third-order valence-corrected chi connectivity index (χ3v) is 0.724. The Labute approximate surface area is 66.1 Å². The van der Waals surface area contributed by atoms with Gasteiger partial charge in [-0.3, -0.25) is 0 Å². The van der Waals surface area contributed by atoms with Crippen LogP contribution in [-0.2, 0) is 17.1 Å². The van der Waals surface area contributed by atoms with Crippen LogP contribution in [0.4, 0.5) is 0 Å². The van der Waals surface area contributed by atoms with Crippen molar-refractivity contribution < 1.29 is 27.3 Å². The monoisotopic (exact) mass is 181 g/mol. The number of aliphatic hydroxyl groups is 2. The zero-order chi connectivity index (χ0) is 6.57. The first kappa shape index (κ1) is 12.1. The van der Waals surface area contributed by atoms with Crippen molar-refractivity contribution in [3.63, 3.8) is 0 Å². The van der Waals surface area contributed by atoms with Gasteiger partial charge in [-0.15, -0.1) is 0 Å². The van der Waals surface area contributed by atoms with Crippen LogP contribution in [0.25, 0.3) is 0 Å². The maximum atomic E-state index is 8.68. The normalized spacial score (nSPS) is 13.0. The number of hydrogen-bond donors (Lipinski definition) is 2. The van der Waals surface area contributed by atoms with Gasteiger partial charge in [-0.2, -0.15) is 6.61 Å². The standard InChI is InChI=1S/C5H12NO2.Cu/c1-6(2)3-5(8)4-7;/h4-5,7-8H,3H2,1-2H3;/q-1;+1. The van der Waals surface area contributed by atoms with Crippen molar-refractivity contribution in [2.45, 2.75) is 6.10 Å². The van der Waals surface area contributed by atoms with Gasteiger partial charge in [0.05, 0.1) is 0 Å². The summed E-state index contributed by atoms with van der Waals surface area (Å²) in [6.07, 6.45) is -0.718. The fourth-order valence-electron chi connectivity index (χ4n) is 0.421. The number of aliphatic hydroxyl groups excluding tert-OH is 2. The summed E-state index contributed by atoms with van der Waals surface area (Å²) in [7, 11) is 3.65. The molecule has 1 unspecified atom stereocenters. The van der Waals surface area contributed by atoms with E-state index in [-0.39, 0.29) is 17.1 Å². The topological polar surface area (TPSA) is 43.7 Å². The zero-order valence-corrected chi connectivity index (χ0v) is 6.45. The summed E-state index contributed by atoms with van der Waals surface area (Å²) in [6, 6.07) is 0. The Morgan fingerprint density at radius 3 is 2.11 bits per heavy atom. The molecule has 60 valence electrons. The van der Waals surface area contributed by atoms with Crippen molar-refractivity contribution in [2.75, 3.05) is 20.6 Å². The van der Waals surface area contributed by atoms with Gasteiger partial charge in [-0.25, -0.2) is 0 Å². The third kappa shape index (κ3) is 8.40. The predicted molar refractivity (Wildman–Crippen MR) is 30.8 cm³/mol. The van der Waals surface area contributed by atoms with Gasteiger partial charge >= 0.3 is 17.1 Å². The molecular weight excluding hydrogens is 170 g/mol. The summed E-state index contributed by atoms with van der Waals surface area (Å²) in [4.78, 5) is 1.79. The molecule has 2 N–H and O–H groups in total. The predicted octanol–water partition coefficient (Wildman–Crippen LogP) is -0.559. The molecule has 0 aromatic rings. The summed E-state index contributed by atoms with van der Waals surface area (Å²) in [5.41, 5.74) is 0. The van der Waals surface area contributed by atoms with E-state index in [4.69, 9.17) is 10.2 Å². The van der Waals surface area contributed by atoms with Crippen LogP contribution < -0.4 is 0 Å². The molecule has 3 nitrogen and oxygen atoms in total. The van der Waals surface area contributed by atoms with Gasteiger partial charge in [0.1, 0.15) is 0 Å². The Balaban J connectivity index is 0. The molecular formula is C5H12CuNO2. The molecule has 0 aliphatic heterocycles. The van der Waals surface area contributed by atoms with Crippen molar-refractivity contribution in [1.82, 2.24) is 4.90 Å². The number of rotatable bonds is 3. The van der Waals surface area contributed by atoms with E-state index in [1.807, 2.05) is 14.1 Å². The van der Waals surface area contributed by atoms with Crippen molar-refractivity contribution in [3.05, 3.63) is 6.61 Å². The molecule has 0 radical (unpaired) electrons. The second-order valence-electron chi connectivity index (χ2n) is 1.98. The fourth-order valence-corrected chi connectivity index (χ4v) is 0.421. The largest absolute Gasteiger partial charge is 1.00 e. The summed E-state index contributed by atoms with van der Waals surface area (Å²) in [5, 5.41) is 16.9. The van der Waals surface area contributed by atoms with E-state index in [1.165, 1.54) is 0 Å². The van der Waals surface area contributed by atoms with Crippen molar-refractivity contribution >= 4 is 0 Å². The molecule has 0 fully saturated rings. The molecule has 0 bridgehead atoms. The van der Waals surface area contributed by atoms with Gasteiger partial charge in [0.25, 0.3) is 0 Å². The van der Waals surface area contributed by atoms with E-state index in [2.05, 4.69) is 0 Å². The minimum atomic E-state index is -0.718. The summed E-state index contributed by atoms with van der Waals surface area (Å²) in [6.45, 7) is 1.25. The average molecular weight is 182 g/mol. The molecule has 0 rings (SSSR count). The molecule has 0 amide bonds. The summed E-state index contributed by atoms with van der Waals surface area (Å²) < 4.78 is 0. The molecule has 1 atom stereocenters. The van der Waals surface area contributed by atoms with Crippen molar-refractivity contribution in [3.8, 4) is 0 Å². The third-order valence-electron chi connectivity index (χ3n) is 0.724. The van der Waals surface area contributed by atoms with Gasteiger partial charge in [0.2, 0.25) is 0 Å². The van der Waals surface area contributed by atoms with Gasteiger partial charge in [-0.05, 0) is 26.7 Å². The first-order valence-electron chi connectivity index (χ1n) is 2.47. The van der Waals surface area contributed by atoms with E-state index in [0.717, 1.165) is 6.61 Å². The molecule has 0 aliphatic rings. The molecule has 0 saturated heterocycles. The maximum Gasteiger partial charge on any atom is 1.00 e. The van der Waals surface area contributed by atoms with Crippen LogP contribution in [0.15, 0.2) is 0 Å². The van der Waals surface area contributed by atoms with E-state index in [1.54, 1.807) is 4.90 Å². The molecule has 0 saturated carbocycles. The Morgan fingerprint density at radius 2 is 2.00 bits per heavy atom. The fraction of sp³-hybridized carbons (Fsp3) is 0.800. The number of hydrogen-bond acceptors (Lipinski definition) is 3. The SMILES string of the molecule is CN(C)CC(O)[CH-]O.[Cu+]. The van der Waals surface area contributed by atoms with E-state index in [0.29, 0.717) is 6.54 Å². The minimum absolute atomic E-state index is 0. The molecule has 0 spiro atoms. The molecule has 0 aromatic heterocycles. The van der Waals surface area contributed by atoms with Gasteiger partial charge < -0.3 is 15.1 Å². The van der Waals surface area contributed by atoms with Crippen molar-refractivity contribution in [1.29, 1.82) is 0 Å². The zero-order valence-electron chi connectivity index (χ0n) is 5.50. The summed E-state index contributed by atoms with van der Waals surface area (Å²) in [5.74, 6) is 0. The van der Waals surface area contributed by atoms with Gasteiger partial charge in [0.15, 0.2) is 0 Å². The Morgan fingerprint density at radius 1 is 1.56 bits per heavy atom. The molecule has 0 aliphatic carbocycles. The number of nitrogens with zero attached hydrogens (tertiary/aromatic N) is 1. The Bertz CT molecular complexity index is 60.9. The molecule has 0 aromatic carbocycles. The second kappa shape index (κ2) is 6.52. The summed E-state index contributed by atoms with van der Waals surface area (Å²) >= 11 is 0. The Hall–Kier alpha value is 0.399. The smallest absolute Gasteiger partial charge is 0.563 e. The van der Waals surface area contributed by atoms with E-state index < -0.39 is 6.10 Å². The second-order valence-corrected chi connectivity index (χ2v) is 1.98. The minimum Gasteiger partial charge on any atom is -0.563 e. The average Bonchev–Trinajstić information content (AvgIpc) is 1.65. The quantitative estimate of drug-likeness (QED) is 0.453. The van der Waals surface area contributed by atoms with E-state index >= 15 is 0 Å². The van der Waals surface area contributed by atoms with E-state index in [9.17, 15) is 0 Å². The number of likely N-dealkylation sites (N-methyl/N-ethyl adjacent to an activating group) is 1. The molecule has 9 heavy (non-hydrogen) atoms. The van der Waals surface area contributed by atoms with Crippen LogP contribution in [0.2, 0.25) is 0 Å². The van der Waals surface area contributed by atoms with Crippen LogP contribution in [0.1, 0.15) is 0 Å². The van der Waals surface area contributed by atoms with Crippen LogP contribution in [0.3, 0.4) is 0 Å². The molecule has 4 heteroatoms. The Kier molecular flexibility index (Phi) is 8.77. The van der Waals surface area contributed by atoms with Crippen LogP contribution in [0, 0.1) is 6.61 Å². The van der Waals surface area contributed by atoms with Crippen LogP contribution in [0.5, 0.6) is 0 Å². The van der Waals surface area contributed by atoms with Gasteiger partial charge in [0, 0.05) is 0 Å². The maximum absolute atomic E-state index is 8.68. The first-order valence-corrected chi connectivity index (χ1v) is 2.47. The van der Waals surface area contributed by atoms with Crippen LogP contribution in [-0.4, -0.2) is 41.9 Å². The first-order chi connectivity index (χ1) is 3.66. The van der Waals surface area contributed by atoms with Crippen molar-refractivity contribution in [2.24, 2.45) is 0 Å². The van der Waals surface area contributed by atoms with Gasteiger partial charge in [-0.1, -0.05) is 0 Å². The van der Waals surface area contributed by atoms with Crippen LogP contribution >= 0.6 is 0 Å². The molecule has 0 heterocycles.